The Morgan fingerprint density at radius 2 is 1.78 bits per heavy atom. The first-order chi connectivity index (χ1) is 13.1. The minimum Gasteiger partial charge on any atom is -0.489 e. The summed E-state index contributed by atoms with van der Waals surface area (Å²) in [5.74, 6) is 0.654. The number of hydrogen-bond donors (Lipinski definition) is 1. The molecule has 1 heterocycles. The van der Waals surface area contributed by atoms with Crippen molar-refractivity contribution < 1.29 is 9.53 Å². The Labute approximate surface area is 174 Å². The molecule has 27 heavy (non-hydrogen) atoms. The number of ether oxygens (including phenoxy) is 1. The SMILES string of the molecule is O=C1Nc2c(Br)cc(Br)cc2C1=Cc1cccc(OCc2ccccc2)c1. The Morgan fingerprint density at radius 1 is 0.963 bits per heavy atom. The largest absolute Gasteiger partial charge is 0.489 e. The van der Waals surface area contributed by atoms with Gasteiger partial charge in [-0.1, -0.05) is 58.4 Å². The first-order valence-electron chi connectivity index (χ1n) is 8.39. The Kier molecular flexibility index (Phi) is 5.14. The molecule has 1 N–H and O–H groups in total. The van der Waals surface area contributed by atoms with E-state index in [1.165, 1.54) is 0 Å². The lowest BCUT2D eigenvalue weighted by atomic mass is 10.0. The zero-order valence-electron chi connectivity index (χ0n) is 14.2. The van der Waals surface area contributed by atoms with Crippen molar-refractivity contribution in [3.05, 3.63) is 92.4 Å². The first kappa shape index (κ1) is 18.0. The molecular formula is C22H15Br2NO2. The van der Waals surface area contributed by atoms with Crippen LogP contribution in [0.5, 0.6) is 5.75 Å². The fourth-order valence-electron chi connectivity index (χ4n) is 2.96. The summed E-state index contributed by atoms with van der Waals surface area (Å²) in [5, 5.41) is 2.92. The molecule has 1 aliphatic heterocycles. The molecule has 0 radical (unpaired) electrons. The van der Waals surface area contributed by atoms with Crippen LogP contribution in [0.4, 0.5) is 5.69 Å². The summed E-state index contributed by atoms with van der Waals surface area (Å²) in [6.07, 6.45) is 1.88. The molecule has 0 spiro atoms. The van der Waals surface area contributed by atoms with E-state index in [1.807, 2.05) is 72.8 Å². The highest BCUT2D eigenvalue weighted by Crippen LogP contribution is 2.40. The molecule has 0 saturated carbocycles. The molecule has 0 atom stereocenters. The molecule has 0 fully saturated rings. The lowest BCUT2D eigenvalue weighted by Crippen LogP contribution is -2.03. The molecule has 0 aliphatic carbocycles. The van der Waals surface area contributed by atoms with E-state index in [4.69, 9.17) is 4.74 Å². The van der Waals surface area contributed by atoms with Crippen LogP contribution >= 0.6 is 31.9 Å². The average molecular weight is 485 g/mol. The number of anilines is 1. The van der Waals surface area contributed by atoms with Gasteiger partial charge in [0.05, 0.1) is 5.69 Å². The van der Waals surface area contributed by atoms with E-state index in [9.17, 15) is 4.79 Å². The second kappa shape index (κ2) is 7.71. The number of carbonyl (C=O) groups excluding carboxylic acids is 1. The van der Waals surface area contributed by atoms with Crippen LogP contribution in [0.3, 0.4) is 0 Å². The Hall–Kier alpha value is -2.37. The van der Waals surface area contributed by atoms with Gasteiger partial charge in [0, 0.05) is 20.1 Å². The summed E-state index contributed by atoms with van der Waals surface area (Å²) in [7, 11) is 0. The summed E-state index contributed by atoms with van der Waals surface area (Å²) in [6.45, 7) is 0.504. The number of hydrogen-bond acceptors (Lipinski definition) is 2. The maximum absolute atomic E-state index is 12.4. The third-order valence-corrected chi connectivity index (χ3v) is 5.33. The Bertz CT molecular complexity index is 1050. The molecular weight excluding hydrogens is 470 g/mol. The average Bonchev–Trinajstić information content (AvgIpc) is 2.97. The van der Waals surface area contributed by atoms with E-state index < -0.39 is 0 Å². The number of carbonyl (C=O) groups is 1. The predicted molar refractivity (Wildman–Crippen MR) is 116 cm³/mol. The van der Waals surface area contributed by atoms with Gasteiger partial charge in [0.1, 0.15) is 12.4 Å². The summed E-state index contributed by atoms with van der Waals surface area (Å²) in [4.78, 5) is 12.4. The molecule has 0 unspecified atom stereocenters. The summed E-state index contributed by atoms with van der Waals surface area (Å²) >= 11 is 6.99. The highest BCUT2D eigenvalue weighted by Gasteiger charge is 2.26. The van der Waals surface area contributed by atoms with Crippen molar-refractivity contribution in [2.24, 2.45) is 0 Å². The zero-order chi connectivity index (χ0) is 18.8. The van der Waals surface area contributed by atoms with Gasteiger partial charge >= 0.3 is 0 Å². The van der Waals surface area contributed by atoms with Gasteiger partial charge in [0.2, 0.25) is 0 Å². The van der Waals surface area contributed by atoms with Gasteiger partial charge in [0.25, 0.3) is 5.91 Å². The highest BCUT2D eigenvalue weighted by molar-refractivity contribution is 9.11. The van der Waals surface area contributed by atoms with Gasteiger partial charge in [-0.3, -0.25) is 4.79 Å². The van der Waals surface area contributed by atoms with Gasteiger partial charge in [-0.25, -0.2) is 0 Å². The van der Waals surface area contributed by atoms with Crippen molar-refractivity contribution >= 4 is 55.1 Å². The number of nitrogens with one attached hydrogen (secondary N) is 1. The first-order valence-corrected chi connectivity index (χ1v) is 9.98. The lowest BCUT2D eigenvalue weighted by Gasteiger charge is -2.07. The van der Waals surface area contributed by atoms with Gasteiger partial charge in [-0.15, -0.1) is 0 Å². The van der Waals surface area contributed by atoms with Crippen LogP contribution in [-0.4, -0.2) is 5.91 Å². The van der Waals surface area contributed by atoms with E-state index in [0.29, 0.717) is 12.2 Å². The molecule has 3 nitrogen and oxygen atoms in total. The van der Waals surface area contributed by atoms with E-state index in [-0.39, 0.29) is 5.91 Å². The minimum atomic E-state index is -0.112. The molecule has 0 bridgehead atoms. The van der Waals surface area contributed by atoms with Crippen molar-refractivity contribution in [2.75, 3.05) is 5.32 Å². The van der Waals surface area contributed by atoms with Crippen LogP contribution in [0.1, 0.15) is 16.7 Å². The number of amides is 1. The normalized spacial score (nSPS) is 14.1. The van der Waals surface area contributed by atoms with E-state index >= 15 is 0 Å². The third kappa shape index (κ3) is 3.99. The van der Waals surface area contributed by atoms with Crippen LogP contribution in [0, 0.1) is 0 Å². The van der Waals surface area contributed by atoms with Crippen molar-refractivity contribution in [2.45, 2.75) is 6.61 Å². The van der Waals surface area contributed by atoms with Crippen molar-refractivity contribution in [3.8, 4) is 5.75 Å². The summed E-state index contributed by atoms with van der Waals surface area (Å²) in [6, 6.07) is 21.6. The maximum Gasteiger partial charge on any atom is 0.256 e. The van der Waals surface area contributed by atoms with Gasteiger partial charge in [0.15, 0.2) is 0 Å². The van der Waals surface area contributed by atoms with E-state index in [0.717, 1.165) is 37.1 Å². The predicted octanol–water partition coefficient (Wildman–Crippen LogP) is 6.28. The van der Waals surface area contributed by atoms with Gasteiger partial charge in [-0.2, -0.15) is 0 Å². The fourth-order valence-corrected chi connectivity index (χ4v) is 4.29. The number of halogens is 2. The van der Waals surface area contributed by atoms with Crippen LogP contribution < -0.4 is 10.1 Å². The van der Waals surface area contributed by atoms with Crippen LogP contribution in [0.2, 0.25) is 0 Å². The fraction of sp³-hybridized carbons (Fsp3) is 0.0455. The van der Waals surface area contributed by atoms with E-state index in [1.54, 1.807) is 0 Å². The topological polar surface area (TPSA) is 38.3 Å². The zero-order valence-corrected chi connectivity index (χ0v) is 17.4. The number of fused-ring (bicyclic) bond motifs is 1. The molecule has 0 aromatic heterocycles. The highest BCUT2D eigenvalue weighted by atomic mass is 79.9. The Balaban J connectivity index is 1.61. The quantitative estimate of drug-likeness (QED) is 0.442. The molecule has 1 aliphatic rings. The van der Waals surface area contributed by atoms with Crippen LogP contribution in [0.25, 0.3) is 11.6 Å². The van der Waals surface area contributed by atoms with Crippen LogP contribution in [0.15, 0.2) is 75.7 Å². The second-order valence-corrected chi connectivity index (χ2v) is 7.94. The smallest absolute Gasteiger partial charge is 0.256 e. The standard InChI is InChI=1S/C22H15Br2NO2/c23-16-11-18-19(22(26)25-21(18)20(24)12-16)10-15-7-4-8-17(9-15)27-13-14-5-2-1-3-6-14/h1-12H,13H2,(H,25,26). The van der Waals surface area contributed by atoms with Gasteiger partial charge < -0.3 is 10.1 Å². The minimum absolute atomic E-state index is 0.112. The third-order valence-electron chi connectivity index (χ3n) is 4.25. The number of benzene rings is 3. The molecule has 4 rings (SSSR count). The molecule has 1 amide bonds. The number of rotatable bonds is 4. The maximum atomic E-state index is 12.4. The van der Waals surface area contributed by atoms with Gasteiger partial charge in [-0.05, 0) is 57.4 Å². The van der Waals surface area contributed by atoms with Crippen LogP contribution in [-0.2, 0) is 11.4 Å². The monoisotopic (exact) mass is 483 g/mol. The molecule has 3 aromatic rings. The molecule has 0 saturated heterocycles. The molecule has 134 valence electrons. The summed E-state index contributed by atoms with van der Waals surface area (Å²) in [5.41, 5.74) is 4.32. The van der Waals surface area contributed by atoms with Crippen molar-refractivity contribution in [1.82, 2.24) is 0 Å². The van der Waals surface area contributed by atoms with Crippen molar-refractivity contribution in [3.63, 3.8) is 0 Å². The summed E-state index contributed by atoms with van der Waals surface area (Å²) < 4.78 is 7.65. The Morgan fingerprint density at radius 3 is 2.59 bits per heavy atom. The molecule has 3 aromatic carbocycles. The second-order valence-electron chi connectivity index (χ2n) is 6.17. The lowest BCUT2D eigenvalue weighted by molar-refractivity contribution is -0.110. The van der Waals surface area contributed by atoms with Crippen molar-refractivity contribution in [1.29, 1.82) is 0 Å². The van der Waals surface area contributed by atoms with E-state index in [2.05, 4.69) is 37.2 Å². The molecule has 5 heteroatoms.